The Balaban J connectivity index is 2.64. The monoisotopic (exact) mass is 255 g/mol. The Bertz CT molecular complexity index is 388. The molecule has 1 aliphatic heterocycles. The number of hydrogen-bond donors (Lipinski definition) is 3. The fourth-order valence-electron chi connectivity index (χ4n) is 1.52. The molecule has 1 aliphatic rings. The van der Waals surface area contributed by atoms with Gasteiger partial charge in [-0.1, -0.05) is 11.6 Å². The first kappa shape index (κ1) is 14.0. The third-order valence-corrected chi connectivity index (χ3v) is 2.49. The lowest BCUT2D eigenvalue weighted by Gasteiger charge is -2.32. The van der Waals surface area contributed by atoms with Crippen molar-refractivity contribution in [2.24, 2.45) is 0 Å². The fraction of sp³-hybridized carbons (Fsp3) is 0.545. The van der Waals surface area contributed by atoms with Crippen molar-refractivity contribution in [3.8, 4) is 0 Å². The van der Waals surface area contributed by atoms with Gasteiger partial charge in [0.05, 0.1) is 0 Å². The second-order valence-electron chi connectivity index (χ2n) is 4.25. The molecule has 7 heteroatoms. The summed E-state index contributed by atoms with van der Waals surface area (Å²) in [5.74, 6) is -1.49. The van der Waals surface area contributed by atoms with Crippen LogP contribution in [0.4, 0.5) is 4.79 Å². The third-order valence-electron chi connectivity index (χ3n) is 2.49. The van der Waals surface area contributed by atoms with Crippen LogP contribution in [0.3, 0.4) is 0 Å². The van der Waals surface area contributed by atoms with Crippen LogP contribution in [0.15, 0.2) is 11.6 Å². The van der Waals surface area contributed by atoms with E-state index >= 15 is 0 Å². The van der Waals surface area contributed by atoms with E-state index in [1.807, 2.05) is 13.8 Å². The molecule has 1 unspecified atom stereocenters. The highest BCUT2D eigenvalue weighted by atomic mass is 16.4. The Hall–Kier alpha value is -2.05. The van der Waals surface area contributed by atoms with Crippen LogP contribution in [0.25, 0.3) is 0 Å². The van der Waals surface area contributed by atoms with E-state index in [0.717, 1.165) is 10.5 Å². The molecule has 18 heavy (non-hydrogen) atoms. The van der Waals surface area contributed by atoms with Gasteiger partial charge in [-0.25, -0.2) is 9.59 Å². The van der Waals surface area contributed by atoms with E-state index in [0.29, 0.717) is 6.54 Å². The van der Waals surface area contributed by atoms with Gasteiger partial charge < -0.3 is 15.7 Å². The number of nitrogens with zero attached hydrogens (tertiary/aromatic N) is 1. The molecule has 0 saturated carbocycles. The van der Waals surface area contributed by atoms with E-state index in [1.54, 1.807) is 6.08 Å². The van der Waals surface area contributed by atoms with Gasteiger partial charge in [0.1, 0.15) is 12.6 Å². The molecule has 0 radical (unpaired) electrons. The minimum atomic E-state index is -1.13. The van der Waals surface area contributed by atoms with Crippen molar-refractivity contribution in [1.82, 2.24) is 15.5 Å². The van der Waals surface area contributed by atoms with Gasteiger partial charge in [-0.2, -0.15) is 0 Å². The summed E-state index contributed by atoms with van der Waals surface area (Å²) in [6, 6.07) is -1.57. The van der Waals surface area contributed by atoms with Gasteiger partial charge in [0.15, 0.2) is 0 Å². The summed E-state index contributed by atoms with van der Waals surface area (Å²) in [5, 5.41) is 13.9. The number of nitrogens with one attached hydrogen (secondary N) is 2. The lowest BCUT2D eigenvalue weighted by Crippen LogP contribution is -2.61. The molecule has 7 nitrogen and oxygen atoms in total. The van der Waals surface area contributed by atoms with Crippen LogP contribution in [-0.4, -0.2) is 53.6 Å². The first-order valence-electron chi connectivity index (χ1n) is 5.59. The van der Waals surface area contributed by atoms with Crippen molar-refractivity contribution in [3.05, 3.63) is 11.6 Å². The third kappa shape index (κ3) is 3.76. The van der Waals surface area contributed by atoms with Crippen LogP contribution in [0.5, 0.6) is 0 Å². The zero-order chi connectivity index (χ0) is 13.7. The minimum Gasteiger partial charge on any atom is -0.480 e. The van der Waals surface area contributed by atoms with E-state index in [9.17, 15) is 14.4 Å². The quantitative estimate of drug-likeness (QED) is 0.595. The zero-order valence-corrected chi connectivity index (χ0v) is 10.4. The molecule has 1 atom stereocenters. The first-order chi connectivity index (χ1) is 8.41. The molecule has 0 aromatic carbocycles. The molecule has 100 valence electrons. The highest BCUT2D eigenvalue weighted by Gasteiger charge is 2.34. The van der Waals surface area contributed by atoms with Gasteiger partial charge in [0.2, 0.25) is 5.91 Å². The second kappa shape index (κ2) is 6.04. The minimum absolute atomic E-state index is 0.0652. The van der Waals surface area contributed by atoms with E-state index < -0.39 is 18.0 Å². The summed E-state index contributed by atoms with van der Waals surface area (Å²) in [6.45, 7) is 3.79. The number of aliphatic carboxylic acids is 1. The lowest BCUT2D eigenvalue weighted by atomic mass is 10.2. The molecule has 1 rings (SSSR count). The molecule has 0 aliphatic carbocycles. The summed E-state index contributed by atoms with van der Waals surface area (Å²) < 4.78 is 0. The summed E-state index contributed by atoms with van der Waals surface area (Å²) >= 11 is 0. The van der Waals surface area contributed by atoms with Crippen LogP contribution in [0.2, 0.25) is 0 Å². The SMILES string of the molecule is CC(C)=CCNC(=O)N1CC(=O)NCC1C(=O)O. The first-order valence-corrected chi connectivity index (χ1v) is 5.59. The van der Waals surface area contributed by atoms with Crippen LogP contribution >= 0.6 is 0 Å². The molecular weight excluding hydrogens is 238 g/mol. The highest BCUT2D eigenvalue weighted by Crippen LogP contribution is 2.04. The number of carboxylic acid groups (broad SMARTS) is 1. The van der Waals surface area contributed by atoms with Gasteiger partial charge in [-0.15, -0.1) is 0 Å². The smallest absolute Gasteiger partial charge is 0.328 e. The summed E-state index contributed by atoms with van der Waals surface area (Å²) in [4.78, 5) is 35.0. The number of amides is 3. The molecular formula is C11H17N3O4. The highest BCUT2D eigenvalue weighted by molar-refractivity contribution is 5.90. The Morgan fingerprint density at radius 1 is 1.56 bits per heavy atom. The van der Waals surface area contributed by atoms with Crippen molar-refractivity contribution >= 4 is 17.9 Å². The largest absolute Gasteiger partial charge is 0.480 e. The second-order valence-corrected chi connectivity index (χ2v) is 4.25. The summed E-state index contributed by atoms with van der Waals surface area (Å²) in [6.07, 6.45) is 1.80. The van der Waals surface area contributed by atoms with Gasteiger partial charge in [-0.05, 0) is 13.8 Å². The fourth-order valence-corrected chi connectivity index (χ4v) is 1.52. The topological polar surface area (TPSA) is 98.7 Å². The molecule has 1 fully saturated rings. The molecule has 0 spiro atoms. The number of rotatable bonds is 3. The number of carbonyl (C=O) groups is 3. The number of urea groups is 1. The Morgan fingerprint density at radius 3 is 2.78 bits per heavy atom. The van der Waals surface area contributed by atoms with Crippen molar-refractivity contribution in [3.63, 3.8) is 0 Å². The number of carbonyl (C=O) groups excluding carboxylic acids is 2. The molecule has 3 N–H and O–H groups in total. The zero-order valence-electron chi connectivity index (χ0n) is 10.4. The number of carboxylic acids is 1. The normalized spacial score (nSPS) is 18.9. The van der Waals surface area contributed by atoms with Gasteiger partial charge in [0, 0.05) is 13.1 Å². The van der Waals surface area contributed by atoms with E-state index in [4.69, 9.17) is 5.11 Å². The maximum atomic E-state index is 11.8. The summed E-state index contributed by atoms with van der Waals surface area (Å²) in [7, 11) is 0. The van der Waals surface area contributed by atoms with E-state index in [1.165, 1.54) is 0 Å². The van der Waals surface area contributed by atoms with Crippen LogP contribution < -0.4 is 10.6 Å². The lowest BCUT2D eigenvalue weighted by molar-refractivity contribution is -0.144. The average molecular weight is 255 g/mol. The Kier molecular flexibility index (Phi) is 4.70. The molecule has 0 aromatic heterocycles. The van der Waals surface area contributed by atoms with Crippen LogP contribution in [-0.2, 0) is 9.59 Å². The van der Waals surface area contributed by atoms with Crippen molar-refractivity contribution in [2.75, 3.05) is 19.6 Å². The maximum absolute atomic E-state index is 11.8. The van der Waals surface area contributed by atoms with E-state index in [2.05, 4.69) is 10.6 Å². The van der Waals surface area contributed by atoms with Gasteiger partial charge in [-0.3, -0.25) is 9.69 Å². The van der Waals surface area contributed by atoms with E-state index in [-0.39, 0.29) is 19.0 Å². The predicted molar refractivity (Wildman–Crippen MR) is 64.0 cm³/mol. The summed E-state index contributed by atoms with van der Waals surface area (Å²) in [5.41, 5.74) is 1.04. The molecule has 0 aromatic rings. The maximum Gasteiger partial charge on any atom is 0.328 e. The predicted octanol–water partition coefficient (Wildman–Crippen LogP) is -0.453. The van der Waals surface area contributed by atoms with Gasteiger partial charge in [0.25, 0.3) is 0 Å². The number of hydrogen-bond acceptors (Lipinski definition) is 3. The standard InChI is InChI=1S/C11H17N3O4/c1-7(2)3-4-12-11(18)14-6-9(15)13-5-8(14)10(16)17/h3,8H,4-6H2,1-2H3,(H,12,18)(H,13,15)(H,16,17). The Morgan fingerprint density at radius 2 is 2.22 bits per heavy atom. The average Bonchev–Trinajstić information content (AvgIpc) is 2.27. The van der Waals surface area contributed by atoms with Gasteiger partial charge >= 0.3 is 12.0 Å². The molecule has 3 amide bonds. The van der Waals surface area contributed by atoms with Crippen molar-refractivity contribution < 1.29 is 19.5 Å². The van der Waals surface area contributed by atoms with Crippen LogP contribution in [0, 0.1) is 0 Å². The molecule has 1 saturated heterocycles. The Labute approximate surface area is 105 Å². The molecule has 1 heterocycles. The number of allylic oxidation sites excluding steroid dienone is 1. The van der Waals surface area contributed by atoms with Crippen molar-refractivity contribution in [2.45, 2.75) is 19.9 Å². The van der Waals surface area contributed by atoms with Crippen molar-refractivity contribution in [1.29, 1.82) is 0 Å². The van der Waals surface area contributed by atoms with Crippen LogP contribution in [0.1, 0.15) is 13.8 Å². The molecule has 0 bridgehead atoms. The number of piperazine rings is 1.